The lowest BCUT2D eigenvalue weighted by Crippen LogP contribution is -2.37. The Morgan fingerprint density at radius 3 is 2.84 bits per heavy atom. The minimum Gasteiger partial charge on any atom is -0.312 e. The van der Waals surface area contributed by atoms with Crippen molar-refractivity contribution in [3.8, 4) is 0 Å². The van der Waals surface area contributed by atoms with Crippen LogP contribution in [0.1, 0.15) is 19.4 Å². The molecular formula is C15H24N4. The third-order valence-electron chi connectivity index (χ3n) is 3.18. The van der Waals surface area contributed by atoms with E-state index in [1.165, 1.54) is 5.56 Å². The summed E-state index contributed by atoms with van der Waals surface area (Å²) < 4.78 is 0. The summed E-state index contributed by atoms with van der Waals surface area (Å²) in [5.41, 5.74) is 2.67. The summed E-state index contributed by atoms with van der Waals surface area (Å²) >= 11 is 0. The van der Waals surface area contributed by atoms with Crippen LogP contribution in [0.15, 0.2) is 24.4 Å². The predicted octanol–water partition coefficient (Wildman–Crippen LogP) is 2.24. The molecule has 0 radical (unpaired) electrons. The Labute approximate surface area is 115 Å². The van der Waals surface area contributed by atoms with Gasteiger partial charge in [-0.05, 0) is 31.1 Å². The topological polar surface area (TPSA) is 44.0 Å². The molecule has 0 atom stereocenters. The maximum Gasteiger partial charge on any atom is 0.0653 e. The predicted molar refractivity (Wildman–Crippen MR) is 80.1 cm³/mol. The SMILES string of the molecule is CN(C)CC(C)(C)CNCc1ccc2cn[nH]c2c1. The smallest absolute Gasteiger partial charge is 0.0653 e. The maximum absolute atomic E-state index is 4.04. The number of nitrogens with zero attached hydrogens (tertiary/aromatic N) is 2. The van der Waals surface area contributed by atoms with E-state index in [1.807, 2.05) is 6.20 Å². The first-order chi connectivity index (χ1) is 8.96. The summed E-state index contributed by atoms with van der Waals surface area (Å²) in [6.45, 7) is 7.56. The number of benzene rings is 1. The van der Waals surface area contributed by atoms with Crippen molar-refractivity contribution in [3.63, 3.8) is 0 Å². The molecule has 0 bridgehead atoms. The van der Waals surface area contributed by atoms with Gasteiger partial charge >= 0.3 is 0 Å². The molecule has 4 nitrogen and oxygen atoms in total. The van der Waals surface area contributed by atoms with Crippen molar-refractivity contribution in [2.75, 3.05) is 27.2 Å². The van der Waals surface area contributed by atoms with Crippen molar-refractivity contribution in [1.29, 1.82) is 0 Å². The second kappa shape index (κ2) is 5.72. The molecule has 0 fully saturated rings. The monoisotopic (exact) mass is 260 g/mol. The molecule has 0 spiro atoms. The third-order valence-corrected chi connectivity index (χ3v) is 3.18. The highest BCUT2D eigenvalue weighted by Gasteiger charge is 2.18. The van der Waals surface area contributed by atoms with Gasteiger partial charge < -0.3 is 10.2 Å². The lowest BCUT2D eigenvalue weighted by molar-refractivity contribution is 0.232. The Balaban J connectivity index is 1.88. The zero-order chi connectivity index (χ0) is 13.9. The highest BCUT2D eigenvalue weighted by atomic mass is 15.1. The molecule has 2 N–H and O–H groups in total. The average Bonchev–Trinajstić information content (AvgIpc) is 2.74. The van der Waals surface area contributed by atoms with Gasteiger partial charge in [-0.25, -0.2) is 0 Å². The molecule has 104 valence electrons. The number of hydrogen-bond donors (Lipinski definition) is 2. The summed E-state index contributed by atoms with van der Waals surface area (Å²) in [5.74, 6) is 0. The van der Waals surface area contributed by atoms with Gasteiger partial charge in [-0.2, -0.15) is 5.10 Å². The molecule has 0 aliphatic rings. The second-order valence-corrected chi connectivity index (χ2v) is 6.30. The standard InChI is InChI=1S/C15H24N4/c1-15(2,11-19(3)4)10-16-8-12-5-6-13-9-17-18-14(13)7-12/h5-7,9,16H,8,10-11H2,1-4H3,(H,17,18). The molecule has 0 aliphatic heterocycles. The van der Waals surface area contributed by atoms with Crippen LogP contribution >= 0.6 is 0 Å². The molecule has 1 heterocycles. The van der Waals surface area contributed by atoms with E-state index in [0.29, 0.717) is 0 Å². The molecule has 0 saturated carbocycles. The van der Waals surface area contributed by atoms with Crippen LogP contribution in [0.5, 0.6) is 0 Å². The Morgan fingerprint density at radius 2 is 2.11 bits per heavy atom. The summed E-state index contributed by atoms with van der Waals surface area (Å²) in [5, 5.41) is 11.8. The minimum absolute atomic E-state index is 0.279. The van der Waals surface area contributed by atoms with E-state index >= 15 is 0 Å². The molecular weight excluding hydrogens is 236 g/mol. The fourth-order valence-electron chi connectivity index (χ4n) is 2.55. The van der Waals surface area contributed by atoms with Crippen molar-refractivity contribution in [2.24, 2.45) is 5.41 Å². The van der Waals surface area contributed by atoms with Gasteiger partial charge in [0.05, 0.1) is 11.7 Å². The number of H-pyrrole nitrogens is 1. The molecule has 4 heteroatoms. The number of rotatable bonds is 6. The van der Waals surface area contributed by atoms with Gasteiger partial charge in [0.15, 0.2) is 0 Å². The van der Waals surface area contributed by atoms with Crippen molar-refractivity contribution < 1.29 is 0 Å². The summed E-state index contributed by atoms with van der Waals surface area (Å²) in [6.07, 6.45) is 1.85. The van der Waals surface area contributed by atoms with Gasteiger partial charge in [-0.3, -0.25) is 5.10 Å². The Hall–Kier alpha value is -1.39. The van der Waals surface area contributed by atoms with Crippen LogP contribution in [-0.2, 0) is 6.54 Å². The Kier molecular flexibility index (Phi) is 4.22. The minimum atomic E-state index is 0.279. The van der Waals surface area contributed by atoms with Crippen molar-refractivity contribution >= 4 is 10.9 Å². The van der Waals surface area contributed by atoms with Crippen LogP contribution in [-0.4, -0.2) is 42.3 Å². The molecule has 0 amide bonds. The number of nitrogens with one attached hydrogen (secondary N) is 2. The first-order valence-corrected chi connectivity index (χ1v) is 6.74. The molecule has 2 aromatic rings. The van der Waals surface area contributed by atoms with E-state index in [-0.39, 0.29) is 5.41 Å². The van der Waals surface area contributed by atoms with Crippen LogP contribution in [0.25, 0.3) is 10.9 Å². The zero-order valence-corrected chi connectivity index (χ0v) is 12.3. The van der Waals surface area contributed by atoms with Crippen molar-refractivity contribution in [2.45, 2.75) is 20.4 Å². The number of hydrogen-bond acceptors (Lipinski definition) is 3. The molecule has 0 aliphatic carbocycles. The van der Waals surface area contributed by atoms with Gasteiger partial charge in [-0.1, -0.05) is 26.0 Å². The second-order valence-electron chi connectivity index (χ2n) is 6.30. The average molecular weight is 260 g/mol. The summed E-state index contributed by atoms with van der Waals surface area (Å²) in [4.78, 5) is 2.23. The van der Waals surface area contributed by atoms with Crippen LogP contribution in [0.2, 0.25) is 0 Å². The fraction of sp³-hybridized carbons (Fsp3) is 0.533. The van der Waals surface area contributed by atoms with Crippen LogP contribution in [0, 0.1) is 5.41 Å². The highest BCUT2D eigenvalue weighted by molar-refractivity contribution is 5.78. The number of aromatic nitrogens is 2. The Bertz CT molecular complexity index is 528. The van der Waals surface area contributed by atoms with Crippen molar-refractivity contribution in [3.05, 3.63) is 30.0 Å². The van der Waals surface area contributed by atoms with Gasteiger partial charge in [0.1, 0.15) is 0 Å². The molecule has 0 saturated heterocycles. The first kappa shape index (κ1) is 14.0. The van der Waals surface area contributed by atoms with Crippen molar-refractivity contribution in [1.82, 2.24) is 20.4 Å². The largest absolute Gasteiger partial charge is 0.312 e. The highest BCUT2D eigenvalue weighted by Crippen LogP contribution is 2.16. The quantitative estimate of drug-likeness (QED) is 0.837. The van der Waals surface area contributed by atoms with Gasteiger partial charge in [-0.15, -0.1) is 0 Å². The number of fused-ring (bicyclic) bond motifs is 1. The zero-order valence-electron chi connectivity index (χ0n) is 12.3. The van der Waals surface area contributed by atoms with E-state index in [2.05, 4.69) is 66.6 Å². The third kappa shape index (κ3) is 4.04. The molecule has 2 rings (SSSR count). The summed E-state index contributed by atoms with van der Waals surface area (Å²) in [6, 6.07) is 6.43. The van der Waals surface area contributed by atoms with Gasteiger partial charge in [0.25, 0.3) is 0 Å². The van der Waals surface area contributed by atoms with Crippen LogP contribution in [0.3, 0.4) is 0 Å². The van der Waals surface area contributed by atoms with Gasteiger partial charge in [0.2, 0.25) is 0 Å². The normalized spacial score (nSPS) is 12.5. The van der Waals surface area contributed by atoms with Crippen LogP contribution in [0.4, 0.5) is 0 Å². The van der Waals surface area contributed by atoms with Gasteiger partial charge in [0, 0.05) is 25.0 Å². The maximum atomic E-state index is 4.04. The van der Waals surface area contributed by atoms with Crippen LogP contribution < -0.4 is 5.32 Å². The lowest BCUT2D eigenvalue weighted by atomic mass is 9.93. The number of aromatic amines is 1. The lowest BCUT2D eigenvalue weighted by Gasteiger charge is -2.28. The van der Waals surface area contributed by atoms with E-state index < -0.39 is 0 Å². The molecule has 1 aromatic heterocycles. The van der Waals surface area contributed by atoms with E-state index in [9.17, 15) is 0 Å². The first-order valence-electron chi connectivity index (χ1n) is 6.74. The van der Waals surface area contributed by atoms with E-state index in [0.717, 1.165) is 30.5 Å². The fourth-order valence-corrected chi connectivity index (χ4v) is 2.55. The van der Waals surface area contributed by atoms with E-state index in [1.54, 1.807) is 0 Å². The van der Waals surface area contributed by atoms with E-state index in [4.69, 9.17) is 0 Å². The molecule has 0 unspecified atom stereocenters. The summed E-state index contributed by atoms with van der Waals surface area (Å²) in [7, 11) is 4.24. The molecule has 19 heavy (non-hydrogen) atoms. The Morgan fingerprint density at radius 1 is 1.32 bits per heavy atom. The molecule has 1 aromatic carbocycles.